The summed E-state index contributed by atoms with van der Waals surface area (Å²) in [4.78, 5) is 23.6. The van der Waals surface area contributed by atoms with Gasteiger partial charge < -0.3 is 25.4 Å². The molecule has 1 aliphatic heterocycles. The lowest BCUT2D eigenvalue weighted by Crippen LogP contribution is -2.41. The number of para-hydroxylation sites is 3. The lowest BCUT2D eigenvalue weighted by molar-refractivity contribution is -0.121. The van der Waals surface area contributed by atoms with Crippen LogP contribution in [0.5, 0.6) is 11.5 Å². The van der Waals surface area contributed by atoms with Crippen molar-refractivity contribution in [1.82, 2.24) is 10.6 Å². The van der Waals surface area contributed by atoms with E-state index in [4.69, 9.17) is 9.47 Å². The van der Waals surface area contributed by atoms with Crippen molar-refractivity contribution in [3.05, 3.63) is 54.6 Å². The highest BCUT2D eigenvalue weighted by Crippen LogP contribution is 2.30. The molecule has 7 heteroatoms. The molecule has 0 saturated carbocycles. The van der Waals surface area contributed by atoms with Crippen LogP contribution in [0.1, 0.15) is 6.42 Å². The van der Waals surface area contributed by atoms with Crippen LogP contribution < -0.4 is 25.4 Å². The molecule has 0 saturated heterocycles. The first-order chi connectivity index (χ1) is 12.7. The van der Waals surface area contributed by atoms with Gasteiger partial charge in [0.2, 0.25) is 5.91 Å². The minimum atomic E-state index is -0.343. The second-order valence-electron chi connectivity index (χ2n) is 5.80. The predicted octanol–water partition coefficient (Wildman–Crippen LogP) is 2.15. The lowest BCUT2D eigenvalue weighted by Gasteiger charge is -2.26. The van der Waals surface area contributed by atoms with Crippen molar-refractivity contribution in [2.75, 3.05) is 25.0 Å². The number of nitrogens with one attached hydrogen (secondary N) is 3. The first kappa shape index (κ1) is 17.6. The molecule has 3 rings (SSSR count). The summed E-state index contributed by atoms with van der Waals surface area (Å²) >= 11 is 0. The Hall–Kier alpha value is -3.22. The van der Waals surface area contributed by atoms with Gasteiger partial charge in [-0.3, -0.25) is 4.79 Å². The number of anilines is 1. The Bertz CT molecular complexity index is 751. The van der Waals surface area contributed by atoms with E-state index in [9.17, 15) is 9.59 Å². The number of rotatable bonds is 6. The molecule has 0 fully saturated rings. The molecule has 7 nitrogen and oxygen atoms in total. The van der Waals surface area contributed by atoms with Crippen molar-refractivity contribution < 1.29 is 19.1 Å². The molecule has 0 spiro atoms. The molecule has 3 amide bonds. The smallest absolute Gasteiger partial charge is 0.319 e. The van der Waals surface area contributed by atoms with Crippen molar-refractivity contribution >= 4 is 17.6 Å². The summed E-state index contributed by atoms with van der Waals surface area (Å²) in [5.74, 6) is 1.23. The summed E-state index contributed by atoms with van der Waals surface area (Å²) in [6.07, 6.45) is -0.0463. The Morgan fingerprint density at radius 3 is 2.50 bits per heavy atom. The maximum atomic E-state index is 11.9. The van der Waals surface area contributed by atoms with Crippen LogP contribution in [0, 0.1) is 0 Å². The second kappa shape index (κ2) is 8.75. The molecule has 0 aliphatic carbocycles. The van der Waals surface area contributed by atoms with Gasteiger partial charge >= 0.3 is 6.03 Å². The minimum absolute atomic E-state index is 0.160. The molecule has 3 N–H and O–H groups in total. The van der Waals surface area contributed by atoms with Gasteiger partial charge in [0.15, 0.2) is 11.5 Å². The first-order valence-corrected chi connectivity index (χ1v) is 8.46. The van der Waals surface area contributed by atoms with E-state index in [1.54, 1.807) is 12.1 Å². The number of urea groups is 1. The van der Waals surface area contributed by atoms with Crippen LogP contribution in [0.4, 0.5) is 10.5 Å². The Morgan fingerprint density at radius 1 is 0.962 bits per heavy atom. The molecule has 0 aromatic heterocycles. The highest BCUT2D eigenvalue weighted by molar-refractivity contribution is 5.89. The fourth-order valence-electron chi connectivity index (χ4n) is 2.47. The largest absolute Gasteiger partial charge is 0.486 e. The number of fused-ring (bicyclic) bond motifs is 1. The van der Waals surface area contributed by atoms with E-state index in [1.165, 1.54) is 0 Å². The third-order valence-corrected chi connectivity index (χ3v) is 3.76. The van der Waals surface area contributed by atoms with Gasteiger partial charge in [0.05, 0.1) is 6.54 Å². The molecule has 2 aromatic rings. The number of benzene rings is 2. The quantitative estimate of drug-likeness (QED) is 0.741. The zero-order valence-electron chi connectivity index (χ0n) is 14.2. The number of amides is 3. The maximum absolute atomic E-state index is 11.9. The van der Waals surface area contributed by atoms with Crippen molar-refractivity contribution in [2.24, 2.45) is 0 Å². The van der Waals surface area contributed by atoms with Crippen LogP contribution in [0.2, 0.25) is 0 Å². The Labute approximate surface area is 151 Å². The van der Waals surface area contributed by atoms with E-state index in [0.717, 1.165) is 0 Å². The summed E-state index contributed by atoms with van der Waals surface area (Å²) in [7, 11) is 0. The average molecular weight is 355 g/mol. The van der Waals surface area contributed by atoms with Crippen LogP contribution in [-0.4, -0.2) is 37.7 Å². The molecule has 1 aliphatic rings. The molecule has 26 heavy (non-hydrogen) atoms. The first-order valence-electron chi connectivity index (χ1n) is 8.46. The third kappa shape index (κ3) is 5.14. The molecule has 2 aromatic carbocycles. The zero-order valence-corrected chi connectivity index (χ0v) is 14.2. The van der Waals surface area contributed by atoms with E-state index in [0.29, 0.717) is 30.3 Å². The molecular formula is C19H21N3O4. The third-order valence-electron chi connectivity index (χ3n) is 3.76. The molecule has 1 heterocycles. The highest BCUT2D eigenvalue weighted by atomic mass is 16.6. The molecule has 0 radical (unpaired) electrons. The second-order valence-corrected chi connectivity index (χ2v) is 5.80. The van der Waals surface area contributed by atoms with Gasteiger partial charge in [-0.25, -0.2) is 4.79 Å². The van der Waals surface area contributed by atoms with Gasteiger partial charge in [0.25, 0.3) is 0 Å². The Kier molecular flexibility index (Phi) is 5.92. The van der Waals surface area contributed by atoms with Gasteiger partial charge in [-0.05, 0) is 24.3 Å². The SMILES string of the molecule is O=C(CCNC(=O)Nc1ccccc1)NC[C@H]1COc2ccccc2O1. The van der Waals surface area contributed by atoms with Crippen LogP contribution in [0.15, 0.2) is 54.6 Å². The molecule has 0 bridgehead atoms. The predicted molar refractivity (Wildman–Crippen MR) is 97.4 cm³/mol. The Balaban J connectivity index is 1.32. The summed E-state index contributed by atoms with van der Waals surface area (Å²) in [5.41, 5.74) is 0.698. The van der Waals surface area contributed by atoms with Gasteiger partial charge in [-0.2, -0.15) is 0 Å². The number of hydrogen-bond donors (Lipinski definition) is 3. The van der Waals surface area contributed by atoms with E-state index in [-0.39, 0.29) is 31.0 Å². The normalized spacial score (nSPS) is 15.0. The summed E-state index contributed by atoms with van der Waals surface area (Å²) in [5, 5.41) is 8.13. The van der Waals surface area contributed by atoms with E-state index < -0.39 is 0 Å². The lowest BCUT2D eigenvalue weighted by atomic mass is 10.2. The zero-order chi connectivity index (χ0) is 18.2. The molecule has 136 valence electrons. The minimum Gasteiger partial charge on any atom is -0.486 e. The van der Waals surface area contributed by atoms with Crippen LogP contribution in [-0.2, 0) is 4.79 Å². The number of carbonyl (C=O) groups excluding carboxylic acids is 2. The van der Waals surface area contributed by atoms with Gasteiger partial charge in [0.1, 0.15) is 12.7 Å². The van der Waals surface area contributed by atoms with Crippen molar-refractivity contribution in [1.29, 1.82) is 0 Å². The summed E-state index contributed by atoms with van der Waals surface area (Å²) in [6.45, 7) is 0.980. The fourth-order valence-corrected chi connectivity index (χ4v) is 2.47. The van der Waals surface area contributed by atoms with Gasteiger partial charge in [-0.15, -0.1) is 0 Å². The van der Waals surface area contributed by atoms with Crippen molar-refractivity contribution in [2.45, 2.75) is 12.5 Å². The Morgan fingerprint density at radius 2 is 1.69 bits per heavy atom. The van der Waals surface area contributed by atoms with E-state index in [2.05, 4.69) is 16.0 Å². The fraction of sp³-hybridized carbons (Fsp3) is 0.263. The summed E-state index contributed by atoms with van der Waals surface area (Å²) in [6, 6.07) is 16.2. The number of hydrogen-bond acceptors (Lipinski definition) is 4. The standard InChI is InChI=1S/C19H21N3O4/c23-18(10-11-20-19(24)22-14-6-2-1-3-7-14)21-12-15-13-25-16-8-4-5-9-17(16)26-15/h1-9,15H,10-13H2,(H,21,23)(H2,20,22,24)/t15-/m0/s1. The number of ether oxygens (including phenoxy) is 2. The topological polar surface area (TPSA) is 88.7 Å². The molecule has 1 atom stereocenters. The summed E-state index contributed by atoms with van der Waals surface area (Å²) < 4.78 is 11.4. The average Bonchev–Trinajstić information content (AvgIpc) is 2.67. The van der Waals surface area contributed by atoms with Gasteiger partial charge in [0, 0.05) is 18.7 Å². The maximum Gasteiger partial charge on any atom is 0.319 e. The van der Waals surface area contributed by atoms with Gasteiger partial charge in [-0.1, -0.05) is 30.3 Å². The van der Waals surface area contributed by atoms with Crippen molar-refractivity contribution in [3.63, 3.8) is 0 Å². The van der Waals surface area contributed by atoms with Crippen LogP contribution >= 0.6 is 0 Å². The number of carbonyl (C=O) groups is 2. The highest BCUT2D eigenvalue weighted by Gasteiger charge is 2.20. The monoisotopic (exact) mass is 355 g/mol. The van der Waals surface area contributed by atoms with E-state index in [1.807, 2.05) is 42.5 Å². The molecular weight excluding hydrogens is 334 g/mol. The molecule has 0 unspecified atom stereocenters. The van der Waals surface area contributed by atoms with E-state index >= 15 is 0 Å². The van der Waals surface area contributed by atoms with Crippen molar-refractivity contribution in [3.8, 4) is 11.5 Å². The van der Waals surface area contributed by atoms with Crippen LogP contribution in [0.25, 0.3) is 0 Å². The van der Waals surface area contributed by atoms with Crippen LogP contribution in [0.3, 0.4) is 0 Å².